The highest BCUT2D eigenvalue weighted by Crippen LogP contribution is 1.91. The van der Waals surface area contributed by atoms with E-state index in [-0.39, 0.29) is 12.0 Å². The predicted octanol–water partition coefficient (Wildman–Crippen LogP) is -2.18. The molecule has 56 valence electrons. The Labute approximate surface area is 57.8 Å². The molecular formula is C6H6O4-2. The lowest BCUT2D eigenvalue weighted by Crippen LogP contribution is -2.24. The molecule has 0 aliphatic carbocycles. The van der Waals surface area contributed by atoms with Crippen LogP contribution >= 0.6 is 0 Å². The van der Waals surface area contributed by atoms with E-state index in [1.165, 1.54) is 6.92 Å². The second-order valence-corrected chi connectivity index (χ2v) is 1.75. The van der Waals surface area contributed by atoms with Gasteiger partial charge in [0.1, 0.15) is 0 Å². The average Bonchev–Trinajstić information content (AvgIpc) is 1.82. The largest absolute Gasteiger partial charge is 0.550 e. The van der Waals surface area contributed by atoms with Crippen molar-refractivity contribution >= 4 is 11.9 Å². The van der Waals surface area contributed by atoms with Gasteiger partial charge < -0.3 is 19.8 Å². The fraction of sp³-hybridized carbons (Fsp3) is 0.333. The minimum absolute atomic E-state index is 0.0933. The third-order valence-electron chi connectivity index (χ3n) is 0.897. The summed E-state index contributed by atoms with van der Waals surface area (Å²) >= 11 is 0. The maximum atomic E-state index is 9.92. The van der Waals surface area contributed by atoms with Crippen LogP contribution in [0.5, 0.6) is 0 Å². The third-order valence-corrected chi connectivity index (χ3v) is 0.897. The third kappa shape index (κ3) is 3.65. The molecule has 0 rings (SSSR count). The highest BCUT2D eigenvalue weighted by Gasteiger charge is 1.87. The van der Waals surface area contributed by atoms with Crippen molar-refractivity contribution in [1.29, 1.82) is 0 Å². The summed E-state index contributed by atoms with van der Waals surface area (Å²) in [5, 5.41) is 19.7. The smallest absolute Gasteiger partial charge is 0.0668 e. The highest BCUT2D eigenvalue weighted by atomic mass is 16.4. The maximum absolute atomic E-state index is 9.92. The molecule has 0 aromatic heterocycles. The first-order valence-corrected chi connectivity index (χ1v) is 2.62. The van der Waals surface area contributed by atoms with Crippen LogP contribution < -0.4 is 10.2 Å². The lowest BCUT2D eigenvalue weighted by Gasteiger charge is -2.01. The lowest BCUT2D eigenvalue weighted by atomic mass is 10.2. The number of hydrogen-bond donors (Lipinski definition) is 0. The molecule has 0 saturated heterocycles. The number of carbonyl (C=O) groups is 2. The molecule has 0 aromatic rings. The summed E-state index contributed by atoms with van der Waals surface area (Å²) in [5.41, 5.74) is -0.0933. The van der Waals surface area contributed by atoms with Crippen molar-refractivity contribution in [3.63, 3.8) is 0 Å². The van der Waals surface area contributed by atoms with Crippen LogP contribution in [-0.2, 0) is 9.59 Å². The molecule has 0 N–H and O–H groups in total. The molecule has 0 aliphatic heterocycles. The summed E-state index contributed by atoms with van der Waals surface area (Å²) in [4.78, 5) is 19.7. The van der Waals surface area contributed by atoms with Gasteiger partial charge in [0.2, 0.25) is 0 Å². The zero-order chi connectivity index (χ0) is 8.15. The maximum Gasteiger partial charge on any atom is 0.0668 e. The van der Waals surface area contributed by atoms with E-state index in [1.54, 1.807) is 0 Å². The first kappa shape index (κ1) is 8.68. The molecular weight excluding hydrogens is 136 g/mol. The Morgan fingerprint density at radius 1 is 1.40 bits per heavy atom. The van der Waals surface area contributed by atoms with Gasteiger partial charge in [0.15, 0.2) is 0 Å². The van der Waals surface area contributed by atoms with Gasteiger partial charge in [-0.3, -0.25) is 0 Å². The molecule has 0 radical (unpaired) electrons. The van der Waals surface area contributed by atoms with Gasteiger partial charge in [-0.1, -0.05) is 6.08 Å². The molecule has 0 fully saturated rings. The van der Waals surface area contributed by atoms with Crippen molar-refractivity contribution < 1.29 is 19.8 Å². The van der Waals surface area contributed by atoms with E-state index in [0.29, 0.717) is 0 Å². The van der Waals surface area contributed by atoms with Crippen molar-refractivity contribution in [2.75, 3.05) is 0 Å². The number of aliphatic carboxylic acids is 2. The standard InChI is InChI=1S/C6H8O4/c1-4(6(9)10)2-3-5(7)8/h2H,3H2,1H3,(H,7,8)(H,9,10)/p-2/b4-2+. The number of carboxylic acids is 2. The van der Waals surface area contributed by atoms with Gasteiger partial charge in [-0.2, -0.15) is 0 Å². The minimum atomic E-state index is -1.36. The Bertz CT molecular complexity index is 180. The Morgan fingerprint density at radius 3 is 2.20 bits per heavy atom. The Hall–Kier alpha value is -1.32. The summed E-state index contributed by atoms with van der Waals surface area (Å²) in [6, 6.07) is 0. The molecule has 0 spiro atoms. The second-order valence-electron chi connectivity index (χ2n) is 1.75. The quantitative estimate of drug-likeness (QED) is 0.420. The summed E-state index contributed by atoms with van der Waals surface area (Å²) in [6.45, 7) is 1.26. The first-order valence-electron chi connectivity index (χ1n) is 2.62. The monoisotopic (exact) mass is 142 g/mol. The zero-order valence-corrected chi connectivity index (χ0v) is 5.42. The van der Waals surface area contributed by atoms with Gasteiger partial charge in [-0.05, 0) is 12.5 Å². The molecule has 0 aliphatic rings. The number of rotatable bonds is 3. The van der Waals surface area contributed by atoms with Crippen molar-refractivity contribution in [2.24, 2.45) is 0 Å². The Balaban J connectivity index is 3.92. The van der Waals surface area contributed by atoms with Crippen LogP contribution in [0.15, 0.2) is 11.6 Å². The van der Waals surface area contributed by atoms with Crippen molar-refractivity contribution in [1.82, 2.24) is 0 Å². The molecule has 0 heterocycles. The molecule has 0 saturated carbocycles. The molecule has 0 unspecified atom stereocenters. The van der Waals surface area contributed by atoms with Gasteiger partial charge in [-0.25, -0.2) is 0 Å². The lowest BCUT2D eigenvalue weighted by molar-refractivity contribution is -0.304. The molecule has 0 aromatic carbocycles. The van der Waals surface area contributed by atoms with Crippen LogP contribution in [0.25, 0.3) is 0 Å². The average molecular weight is 142 g/mol. The minimum Gasteiger partial charge on any atom is -0.550 e. The van der Waals surface area contributed by atoms with Crippen molar-refractivity contribution in [3.05, 3.63) is 11.6 Å². The van der Waals surface area contributed by atoms with E-state index in [4.69, 9.17) is 0 Å². The van der Waals surface area contributed by atoms with Crippen LogP contribution in [-0.4, -0.2) is 11.9 Å². The number of carbonyl (C=O) groups excluding carboxylic acids is 2. The predicted molar refractivity (Wildman–Crippen MR) is 28.4 cm³/mol. The van der Waals surface area contributed by atoms with E-state index in [0.717, 1.165) is 6.08 Å². The van der Waals surface area contributed by atoms with Gasteiger partial charge in [0.05, 0.1) is 5.97 Å². The van der Waals surface area contributed by atoms with Gasteiger partial charge in [0.25, 0.3) is 0 Å². The Kier molecular flexibility index (Phi) is 3.17. The van der Waals surface area contributed by atoms with Crippen LogP contribution in [0.2, 0.25) is 0 Å². The molecule has 0 atom stereocenters. The van der Waals surface area contributed by atoms with E-state index >= 15 is 0 Å². The summed E-state index contributed by atoms with van der Waals surface area (Å²) in [5.74, 6) is -2.66. The van der Waals surface area contributed by atoms with Gasteiger partial charge >= 0.3 is 0 Å². The molecule has 0 amide bonds. The second kappa shape index (κ2) is 3.66. The zero-order valence-electron chi connectivity index (χ0n) is 5.42. The summed E-state index contributed by atoms with van der Waals surface area (Å²) < 4.78 is 0. The highest BCUT2D eigenvalue weighted by molar-refractivity contribution is 5.84. The van der Waals surface area contributed by atoms with Crippen LogP contribution in [0, 0.1) is 0 Å². The summed E-state index contributed by atoms with van der Waals surface area (Å²) in [7, 11) is 0. The van der Waals surface area contributed by atoms with Crippen LogP contribution in [0.4, 0.5) is 0 Å². The molecule has 0 bridgehead atoms. The topological polar surface area (TPSA) is 80.3 Å². The van der Waals surface area contributed by atoms with Gasteiger partial charge in [0, 0.05) is 12.4 Å². The van der Waals surface area contributed by atoms with Crippen molar-refractivity contribution in [3.8, 4) is 0 Å². The number of hydrogen-bond acceptors (Lipinski definition) is 4. The fourth-order valence-corrected chi connectivity index (χ4v) is 0.320. The first-order chi connectivity index (χ1) is 4.54. The van der Waals surface area contributed by atoms with E-state index in [1.807, 2.05) is 0 Å². The Morgan fingerprint density at radius 2 is 1.90 bits per heavy atom. The van der Waals surface area contributed by atoms with E-state index < -0.39 is 11.9 Å². The molecule has 4 heteroatoms. The normalized spacial score (nSPS) is 11.1. The van der Waals surface area contributed by atoms with Crippen LogP contribution in [0.3, 0.4) is 0 Å². The SMILES string of the molecule is C/C(=C\CC(=O)[O-])C(=O)[O-]. The number of carboxylic acid groups (broad SMARTS) is 2. The van der Waals surface area contributed by atoms with E-state index in [9.17, 15) is 19.8 Å². The summed E-state index contributed by atoms with van der Waals surface area (Å²) in [6.07, 6.45) is 0.643. The van der Waals surface area contributed by atoms with E-state index in [2.05, 4.69) is 0 Å². The fourth-order valence-electron chi connectivity index (χ4n) is 0.320. The molecule has 4 nitrogen and oxygen atoms in total. The van der Waals surface area contributed by atoms with Crippen LogP contribution in [0.1, 0.15) is 13.3 Å². The molecule has 10 heavy (non-hydrogen) atoms. The van der Waals surface area contributed by atoms with Gasteiger partial charge in [-0.15, -0.1) is 0 Å². The van der Waals surface area contributed by atoms with Crippen molar-refractivity contribution in [2.45, 2.75) is 13.3 Å².